The van der Waals surface area contributed by atoms with Gasteiger partial charge in [0, 0.05) is 24.4 Å². The van der Waals surface area contributed by atoms with Gasteiger partial charge in [0.15, 0.2) is 5.82 Å². The summed E-state index contributed by atoms with van der Waals surface area (Å²) in [5.41, 5.74) is 1.98. The molecule has 0 saturated heterocycles. The maximum Gasteiger partial charge on any atom is 0.271 e. The van der Waals surface area contributed by atoms with Crippen LogP contribution in [0.4, 0.5) is 0 Å². The largest absolute Gasteiger partial charge is 0.343 e. The average Bonchev–Trinajstić information content (AvgIpc) is 3.24. The van der Waals surface area contributed by atoms with E-state index in [4.69, 9.17) is 0 Å². The van der Waals surface area contributed by atoms with E-state index in [1.807, 2.05) is 0 Å². The normalized spacial score (nSPS) is 10.8. The van der Waals surface area contributed by atoms with Crippen LogP contribution < -0.4 is 5.56 Å². The number of aromatic nitrogens is 4. The van der Waals surface area contributed by atoms with Crippen LogP contribution in [-0.2, 0) is 13.0 Å². The highest BCUT2D eigenvalue weighted by Gasteiger charge is 2.14. The molecule has 0 fully saturated rings. The highest BCUT2D eigenvalue weighted by atomic mass is 16.5. The number of aromatic amines is 1. The third-order valence-corrected chi connectivity index (χ3v) is 3.80. The smallest absolute Gasteiger partial charge is 0.271 e. The lowest BCUT2D eigenvalue weighted by atomic mass is 10.2. The van der Waals surface area contributed by atoms with Gasteiger partial charge in [-0.3, -0.25) is 14.7 Å². The molecule has 8 nitrogen and oxygen atoms in total. The van der Waals surface area contributed by atoms with Gasteiger partial charge in [0.25, 0.3) is 11.5 Å². The van der Waals surface area contributed by atoms with Crippen LogP contribution in [0.1, 0.15) is 35.2 Å². The first-order valence-corrected chi connectivity index (χ1v) is 8.00. The minimum absolute atomic E-state index is 0.114. The lowest BCUT2D eigenvalue weighted by Crippen LogP contribution is -2.26. The third kappa shape index (κ3) is 3.68. The van der Waals surface area contributed by atoms with Gasteiger partial charge in [0.2, 0.25) is 6.39 Å². The monoisotopic (exact) mass is 341 g/mol. The van der Waals surface area contributed by atoms with Crippen molar-refractivity contribution in [3.05, 3.63) is 64.2 Å². The molecule has 130 valence electrons. The van der Waals surface area contributed by atoms with Crippen molar-refractivity contribution in [2.45, 2.75) is 26.3 Å². The number of hydrogen-bond donors (Lipinski definition) is 1. The molecule has 2 aromatic heterocycles. The Morgan fingerprint density at radius 2 is 2.08 bits per heavy atom. The van der Waals surface area contributed by atoms with Gasteiger partial charge in [0.1, 0.15) is 0 Å². The summed E-state index contributed by atoms with van der Waals surface area (Å²) in [4.78, 5) is 29.9. The molecule has 0 atom stereocenters. The SMILES string of the molecule is CCCc1cc(=O)n(-c2ccc(C(=O)N(C)Cc3ncon3)cc2)[nH]1. The van der Waals surface area contributed by atoms with Crippen molar-refractivity contribution in [3.63, 3.8) is 0 Å². The number of amides is 1. The summed E-state index contributed by atoms with van der Waals surface area (Å²) in [6.07, 6.45) is 3.00. The van der Waals surface area contributed by atoms with Crippen LogP contribution in [0.25, 0.3) is 5.69 Å². The summed E-state index contributed by atoms with van der Waals surface area (Å²) in [7, 11) is 1.67. The molecular weight excluding hydrogens is 322 g/mol. The first-order valence-electron chi connectivity index (χ1n) is 8.00. The number of benzene rings is 1. The predicted octanol–water partition coefficient (Wildman–Crippen LogP) is 1.77. The molecule has 0 saturated carbocycles. The van der Waals surface area contributed by atoms with Crippen LogP contribution in [-0.4, -0.2) is 37.8 Å². The molecule has 1 aromatic carbocycles. The fourth-order valence-corrected chi connectivity index (χ4v) is 2.55. The molecule has 0 aliphatic heterocycles. The molecule has 0 spiro atoms. The number of H-pyrrole nitrogens is 1. The van der Waals surface area contributed by atoms with Gasteiger partial charge in [-0.15, -0.1) is 0 Å². The minimum atomic E-state index is -0.165. The van der Waals surface area contributed by atoms with Gasteiger partial charge >= 0.3 is 0 Å². The van der Waals surface area contributed by atoms with Crippen LogP contribution in [0.5, 0.6) is 0 Å². The second-order valence-corrected chi connectivity index (χ2v) is 5.76. The Bertz CT molecular complexity index is 893. The zero-order valence-electron chi connectivity index (χ0n) is 14.1. The van der Waals surface area contributed by atoms with E-state index in [2.05, 4.69) is 26.7 Å². The Morgan fingerprint density at radius 3 is 2.72 bits per heavy atom. The van der Waals surface area contributed by atoms with E-state index in [0.717, 1.165) is 18.5 Å². The van der Waals surface area contributed by atoms with Crippen LogP contribution in [0, 0.1) is 0 Å². The lowest BCUT2D eigenvalue weighted by Gasteiger charge is -2.15. The molecule has 3 rings (SSSR count). The molecule has 3 aromatic rings. The molecular formula is C17H19N5O3. The Hall–Kier alpha value is -3.16. The second kappa shape index (κ2) is 7.16. The molecule has 1 N–H and O–H groups in total. The molecule has 0 radical (unpaired) electrons. The van der Waals surface area contributed by atoms with Crippen molar-refractivity contribution in [3.8, 4) is 5.69 Å². The van der Waals surface area contributed by atoms with Crippen molar-refractivity contribution in [2.75, 3.05) is 7.05 Å². The van der Waals surface area contributed by atoms with E-state index in [0.29, 0.717) is 17.1 Å². The summed E-state index contributed by atoms with van der Waals surface area (Å²) < 4.78 is 6.14. The van der Waals surface area contributed by atoms with E-state index < -0.39 is 0 Å². The first kappa shape index (κ1) is 16.7. The van der Waals surface area contributed by atoms with E-state index in [9.17, 15) is 9.59 Å². The number of aryl methyl sites for hydroxylation is 1. The van der Waals surface area contributed by atoms with E-state index in [-0.39, 0.29) is 18.0 Å². The number of hydrogen-bond acceptors (Lipinski definition) is 5. The highest BCUT2D eigenvalue weighted by Crippen LogP contribution is 2.11. The molecule has 25 heavy (non-hydrogen) atoms. The standard InChI is InChI=1S/C17H19N5O3/c1-3-4-13-9-16(23)22(19-13)14-7-5-12(6-8-14)17(24)21(2)10-15-18-11-25-20-15/h5-9,11,19H,3-4,10H2,1-2H3. The van der Waals surface area contributed by atoms with Crippen LogP contribution in [0.15, 0.2) is 46.0 Å². The van der Waals surface area contributed by atoms with Gasteiger partial charge in [-0.2, -0.15) is 4.98 Å². The van der Waals surface area contributed by atoms with Crippen molar-refractivity contribution < 1.29 is 9.32 Å². The Labute approximate surface area is 144 Å². The van der Waals surface area contributed by atoms with Crippen molar-refractivity contribution >= 4 is 5.91 Å². The van der Waals surface area contributed by atoms with Crippen molar-refractivity contribution in [1.29, 1.82) is 0 Å². The summed E-state index contributed by atoms with van der Waals surface area (Å²) >= 11 is 0. The van der Waals surface area contributed by atoms with Crippen LogP contribution in [0.2, 0.25) is 0 Å². The predicted molar refractivity (Wildman–Crippen MR) is 90.5 cm³/mol. The number of nitrogens with zero attached hydrogens (tertiary/aromatic N) is 4. The molecule has 0 bridgehead atoms. The Kier molecular flexibility index (Phi) is 4.78. The van der Waals surface area contributed by atoms with Crippen molar-refractivity contribution in [1.82, 2.24) is 24.8 Å². The summed E-state index contributed by atoms with van der Waals surface area (Å²) in [6, 6.07) is 8.46. The van der Waals surface area contributed by atoms with Gasteiger partial charge in [-0.1, -0.05) is 18.5 Å². The highest BCUT2D eigenvalue weighted by molar-refractivity contribution is 5.94. The van der Waals surface area contributed by atoms with Gasteiger partial charge in [-0.25, -0.2) is 4.68 Å². The fraction of sp³-hybridized carbons (Fsp3) is 0.294. The summed E-state index contributed by atoms with van der Waals surface area (Å²) in [5, 5.41) is 6.77. The number of nitrogens with one attached hydrogen (secondary N) is 1. The van der Waals surface area contributed by atoms with Gasteiger partial charge in [-0.05, 0) is 30.7 Å². The van der Waals surface area contributed by atoms with Gasteiger partial charge < -0.3 is 9.42 Å². The van der Waals surface area contributed by atoms with Crippen LogP contribution >= 0.6 is 0 Å². The number of carbonyl (C=O) groups is 1. The van der Waals surface area contributed by atoms with E-state index in [1.165, 1.54) is 16.0 Å². The molecule has 1 amide bonds. The third-order valence-electron chi connectivity index (χ3n) is 3.80. The van der Waals surface area contributed by atoms with Crippen LogP contribution in [0.3, 0.4) is 0 Å². The minimum Gasteiger partial charge on any atom is -0.343 e. The first-order chi connectivity index (χ1) is 12.1. The molecule has 0 unspecified atom stereocenters. The topological polar surface area (TPSA) is 97.0 Å². The van der Waals surface area contributed by atoms with E-state index >= 15 is 0 Å². The zero-order chi connectivity index (χ0) is 17.8. The maximum atomic E-state index is 12.4. The Morgan fingerprint density at radius 1 is 1.32 bits per heavy atom. The zero-order valence-corrected chi connectivity index (χ0v) is 14.1. The van der Waals surface area contributed by atoms with Gasteiger partial charge in [0.05, 0.1) is 12.2 Å². The molecule has 0 aliphatic carbocycles. The number of carbonyl (C=O) groups excluding carboxylic acids is 1. The Balaban J connectivity index is 1.75. The lowest BCUT2D eigenvalue weighted by molar-refractivity contribution is 0.0780. The second-order valence-electron chi connectivity index (χ2n) is 5.76. The molecule has 0 aliphatic rings. The maximum absolute atomic E-state index is 12.4. The molecule has 8 heteroatoms. The quantitative estimate of drug-likeness (QED) is 0.737. The summed E-state index contributed by atoms with van der Waals surface area (Å²) in [5.74, 6) is 0.274. The fourth-order valence-electron chi connectivity index (χ4n) is 2.55. The van der Waals surface area contributed by atoms with Crippen molar-refractivity contribution in [2.24, 2.45) is 0 Å². The molecule has 2 heterocycles. The van der Waals surface area contributed by atoms with E-state index in [1.54, 1.807) is 37.4 Å². The summed E-state index contributed by atoms with van der Waals surface area (Å²) in [6.45, 7) is 2.31. The number of rotatable bonds is 6. The average molecular weight is 341 g/mol.